The van der Waals surface area contributed by atoms with E-state index in [4.69, 9.17) is 28.9 Å². The maximum absolute atomic E-state index is 6.16. The first-order chi connectivity index (χ1) is 8.29. The summed E-state index contributed by atoms with van der Waals surface area (Å²) in [6.07, 6.45) is 0. The Morgan fingerprint density at radius 1 is 1.17 bits per heavy atom. The van der Waals surface area contributed by atoms with Gasteiger partial charge in [-0.3, -0.25) is 0 Å². The van der Waals surface area contributed by atoms with Crippen LogP contribution in [0.15, 0.2) is 24.3 Å². The highest BCUT2D eigenvalue weighted by molar-refractivity contribution is 6.35. The van der Waals surface area contributed by atoms with E-state index in [9.17, 15) is 0 Å². The molecule has 0 radical (unpaired) electrons. The number of aromatic nitrogens is 2. The van der Waals surface area contributed by atoms with Crippen molar-refractivity contribution in [1.29, 1.82) is 0 Å². The molecule has 1 aromatic carbocycles. The summed E-state index contributed by atoms with van der Waals surface area (Å²) in [5.74, 6) is 0.559. The van der Waals surface area contributed by atoms with E-state index in [1.807, 2.05) is 6.07 Å². The average molecular weight is 284 g/mol. The van der Waals surface area contributed by atoms with Gasteiger partial charge in [0.1, 0.15) is 5.82 Å². The normalized spacial score (nSPS) is 11.8. The molecule has 0 saturated heterocycles. The fourth-order valence-corrected chi connectivity index (χ4v) is 2.10. The van der Waals surface area contributed by atoms with Crippen molar-refractivity contribution in [2.24, 2.45) is 0 Å². The van der Waals surface area contributed by atoms with Crippen LogP contribution in [0.25, 0.3) is 5.69 Å². The third-order valence-electron chi connectivity index (χ3n) is 2.64. The molecule has 5 heteroatoms. The second kappa shape index (κ2) is 4.48. The van der Waals surface area contributed by atoms with Gasteiger partial charge in [-0.2, -0.15) is 5.10 Å². The Kier molecular flexibility index (Phi) is 3.30. The zero-order valence-corrected chi connectivity index (χ0v) is 12.0. The van der Waals surface area contributed by atoms with Gasteiger partial charge in [-0.05, 0) is 18.2 Å². The largest absolute Gasteiger partial charge is 0.384 e. The van der Waals surface area contributed by atoms with Crippen molar-refractivity contribution < 1.29 is 0 Å². The van der Waals surface area contributed by atoms with Crippen LogP contribution < -0.4 is 5.73 Å². The van der Waals surface area contributed by atoms with E-state index in [1.165, 1.54) is 0 Å². The second-order valence-corrected chi connectivity index (χ2v) is 6.06. The molecule has 0 saturated carbocycles. The van der Waals surface area contributed by atoms with Crippen molar-refractivity contribution in [2.75, 3.05) is 5.73 Å². The molecular weight excluding hydrogens is 269 g/mol. The lowest BCUT2D eigenvalue weighted by Crippen LogP contribution is -2.12. The van der Waals surface area contributed by atoms with E-state index in [1.54, 1.807) is 22.9 Å². The van der Waals surface area contributed by atoms with Gasteiger partial charge >= 0.3 is 0 Å². The molecule has 1 heterocycles. The summed E-state index contributed by atoms with van der Waals surface area (Å²) < 4.78 is 1.64. The molecule has 0 spiro atoms. The van der Waals surface area contributed by atoms with Crippen molar-refractivity contribution >= 4 is 29.0 Å². The van der Waals surface area contributed by atoms with Crippen LogP contribution >= 0.6 is 23.2 Å². The second-order valence-electron chi connectivity index (χ2n) is 5.21. The van der Waals surface area contributed by atoms with Gasteiger partial charge in [0.05, 0.1) is 16.4 Å². The van der Waals surface area contributed by atoms with Gasteiger partial charge in [0.25, 0.3) is 0 Å². The Morgan fingerprint density at radius 2 is 1.83 bits per heavy atom. The number of nitrogens with zero attached hydrogens (tertiary/aromatic N) is 2. The van der Waals surface area contributed by atoms with E-state index in [2.05, 4.69) is 25.9 Å². The molecule has 2 N–H and O–H groups in total. The van der Waals surface area contributed by atoms with Crippen molar-refractivity contribution in [3.63, 3.8) is 0 Å². The van der Waals surface area contributed by atoms with Gasteiger partial charge in [0, 0.05) is 16.5 Å². The number of hydrogen-bond donors (Lipinski definition) is 1. The number of hydrogen-bond acceptors (Lipinski definition) is 2. The Hall–Kier alpha value is -1.19. The topological polar surface area (TPSA) is 43.8 Å². The molecule has 0 aliphatic carbocycles. The van der Waals surface area contributed by atoms with Crippen LogP contribution in [0.3, 0.4) is 0 Å². The summed E-state index contributed by atoms with van der Waals surface area (Å²) in [5.41, 5.74) is 7.58. The summed E-state index contributed by atoms with van der Waals surface area (Å²) in [6.45, 7) is 6.26. The van der Waals surface area contributed by atoms with Crippen LogP contribution in [-0.4, -0.2) is 9.78 Å². The predicted molar refractivity (Wildman–Crippen MR) is 76.7 cm³/mol. The molecule has 18 heavy (non-hydrogen) atoms. The van der Waals surface area contributed by atoms with Crippen LogP contribution in [-0.2, 0) is 5.41 Å². The molecule has 1 aromatic heterocycles. The van der Waals surface area contributed by atoms with Crippen molar-refractivity contribution in [3.05, 3.63) is 40.0 Å². The number of halogens is 2. The SMILES string of the molecule is CC(C)(C)c1cc(N)n(-c2ccc(Cl)cc2Cl)n1. The van der Waals surface area contributed by atoms with Gasteiger partial charge in [0.2, 0.25) is 0 Å². The first-order valence-electron chi connectivity index (χ1n) is 5.60. The molecule has 0 aliphatic heterocycles. The van der Waals surface area contributed by atoms with Crippen molar-refractivity contribution in [1.82, 2.24) is 9.78 Å². The Bertz CT molecular complexity index is 582. The molecule has 0 aliphatic rings. The summed E-state index contributed by atoms with van der Waals surface area (Å²) in [4.78, 5) is 0. The summed E-state index contributed by atoms with van der Waals surface area (Å²) >= 11 is 12.0. The standard InChI is InChI=1S/C13H15Cl2N3/c1-13(2,3)11-7-12(16)18(17-11)10-5-4-8(14)6-9(10)15/h4-7H,16H2,1-3H3. The molecular formula is C13H15Cl2N3. The first kappa shape index (κ1) is 13.2. The maximum atomic E-state index is 6.16. The Morgan fingerprint density at radius 3 is 2.33 bits per heavy atom. The molecule has 0 amide bonds. The molecule has 0 bridgehead atoms. The van der Waals surface area contributed by atoms with Crippen LogP contribution in [0.2, 0.25) is 10.0 Å². The van der Waals surface area contributed by atoms with E-state index < -0.39 is 0 Å². The smallest absolute Gasteiger partial charge is 0.127 e. The number of nitrogens with two attached hydrogens (primary N) is 1. The van der Waals surface area contributed by atoms with Crippen molar-refractivity contribution in [3.8, 4) is 5.69 Å². The van der Waals surface area contributed by atoms with Crippen LogP contribution in [0.4, 0.5) is 5.82 Å². The molecule has 0 unspecified atom stereocenters. The number of rotatable bonds is 1. The van der Waals surface area contributed by atoms with Crippen LogP contribution in [0, 0.1) is 0 Å². The van der Waals surface area contributed by atoms with Gasteiger partial charge in [-0.25, -0.2) is 4.68 Å². The van der Waals surface area contributed by atoms with Gasteiger partial charge in [0.15, 0.2) is 0 Å². The van der Waals surface area contributed by atoms with Crippen LogP contribution in [0.5, 0.6) is 0 Å². The fourth-order valence-electron chi connectivity index (χ4n) is 1.61. The highest BCUT2D eigenvalue weighted by Gasteiger charge is 2.20. The fraction of sp³-hybridized carbons (Fsp3) is 0.308. The van der Waals surface area contributed by atoms with E-state index in [0.29, 0.717) is 15.9 Å². The third kappa shape index (κ3) is 2.47. The lowest BCUT2D eigenvalue weighted by molar-refractivity contribution is 0.560. The Balaban J connectivity index is 2.55. The summed E-state index contributed by atoms with van der Waals surface area (Å²) in [6, 6.07) is 7.11. The number of benzene rings is 1. The van der Waals surface area contributed by atoms with Crippen LogP contribution in [0.1, 0.15) is 26.5 Å². The monoisotopic (exact) mass is 283 g/mol. The van der Waals surface area contributed by atoms with E-state index >= 15 is 0 Å². The highest BCUT2D eigenvalue weighted by Crippen LogP contribution is 2.29. The number of nitrogen functional groups attached to an aromatic ring is 1. The molecule has 0 fully saturated rings. The zero-order chi connectivity index (χ0) is 13.5. The minimum atomic E-state index is -0.0573. The lowest BCUT2D eigenvalue weighted by atomic mass is 9.92. The average Bonchev–Trinajstić information content (AvgIpc) is 2.60. The van der Waals surface area contributed by atoms with Gasteiger partial charge in [-0.15, -0.1) is 0 Å². The number of anilines is 1. The van der Waals surface area contributed by atoms with E-state index in [-0.39, 0.29) is 5.41 Å². The first-order valence-corrected chi connectivity index (χ1v) is 6.36. The molecule has 2 aromatic rings. The maximum Gasteiger partial charge on any atom is 0.127 e. The third-order valence-corrected chi connectivity index (χ3v) is 3.18. The quantitative estimate of drug-likeness (QED) is 0.858. The molecule has 0 atom stereocenters. The molecule has 96 valence electrons. The summed E-state index contributed by atoms with van der Waals surface area (Å²) in [5, 5.41) is 5.62. The summed E-state index contributed by atoms with van der Waals surface area (Å²) in [7, 11) is 0. The van der Waals surface area contributed by atoms with Gasteiger partial charge in [-0.1, -0.05) is 44.0 Å². The lowest BCUT2D eigenvalue weighted by Gasteiger charge is -2.14. The minimum absolute atomic E-state index is 0.0573. The predicted octanol–water partition coefficient (Wildman–Crippen LogP) is 4.06. The van der Waals surface area contributed by atoms with E-state index in [0.717, 1.165) is 11.4 Å². The Labute approximate surface area is 117 Å². The molecule has 3 nitrogen and oxygen atoms in total. The van der Waals surface area contributed by atoms with Gasteiger partial charge < -0.3 is 5.73 Å². The minimum Gasteiger partial charge on any atom is -0.384 e. The zero-order valence-electron chi connectivity index (χ0n) is 10.5. The van der Waals surface area contributed by atoms with Crippen molar-refractivity contribution in [2.45, 2.75) is 26.2 Å². The highest BCUT2D eigenvalue weighted by atomic mass is 35.5. The molecule has 2 rings (SSSR count).